The van der Waals surface area contributed by atoms with Crippen LogP contribution in [-0.2, 0) is 11.8 Å². The molecule has 3 heterocycles. The molecule has 1 saturated heterocycles. The minimum Gasteiger partial charge on any atom is -0.497 e. The van der Waals surface area contributed by atoms with E-state index in [9.17, 15) is 0 Å². The van der Waals surface area contributed by atoms with Gasteiger partial charge in [-0.2, -0.15) is 0 Å². The van der Waals surface area contributed by atoms with E-state index in [1.165, 1.54) is 22.3 Å². The Hall–Kier alpha value is -3.12. The Bertz CT molecular complexity index is 1060. The molecule has 2 aliphatic rings. The SMILES string of the molecule is COc1ccc(-c2cccc(C3(CN)CCN(c4ncnc5c4CCN5)CC3)c2)cc1. The number of methoxy groups -OCH3 is 1. The Labute approximate surface area is 183 Å². The summed E-state index contributed by atoms with van der Waals surface area (Å²) < 4.78 is 5.30. The topological polar surface area (TPSA) is 76.3 Å². The first kappa shape index (κ1) is 19.8. The van der Waals surface area contributed by atoms with Crippen LogP contribution >= 0.6 is 0 Å². The Morgan fingerprint density at radius 1 is 1.06 bits per heavy atom. The highest BCUT2D eigenvalue weighted by Crippen LogP contribution is 2.39. The van der Waals surface area contributed by atoms with Gasteiger partial charge in [0.2, 0.25) is 0 Å². The lowest BCUT2D eigenvalue weighted by Crippen LogP contribution is -2.47. The first-order valence-electron chi connectivity index (χ1n) is 11.0. The summed E-state index contributed by atoms with van der Waals surface area (Å²) in [5.74, 6) is 2.96. The van der Waals surface area contributed by atoms with E-state index in [0.29, 0.717) is 6.54 Å². The highest BCUT2D eigenvalue weighted by atomic mass is 16.5. The summed E-state index contributed by atoms with van der Waals surface area (Å²) >= 11 is 0. The highest BCUT2D eigenvalue weighted by Gasteiger charge is 2.36. The number of nitrogens with two attached hydrogens (primary N) is 1. The number of nitrogens with zero attached hydrogens (tertiary/aromatic N) is 3. The third-order valence-electron chi connectivity index (χ3n) is 6.90. The van der Waals surface area contributed by atoms with Crippen molar-refractivity contribution in [1.82, 2.24) is 9.97 Å². The van der Waals surface area contributed by atoms with Crippen molar-refractivity contribution >= 4 is 11.6 Å². The molecule has 0 bridgehead atoms. The molecule has 0 spiro atoms. The second-order valence-corrected chi connectivity index (χ2v) is 8.48. The molecule has 0 saturated carbocycles. The van der Waals surface area contributed by atoms with Crippen molar-refractivity contribution in [2.75, 3.05) is 43.5 Å². The van der Waals surface area contributed by atoms with Crippen molar-refractivity contribution in [2.45, 2.75) is 24.7 Å². The molecule has 0 radical (unpaired) electrons. The van der Waals surface area contributed by atoms with Crippen molar-refractivity contribution < 1.29 is 4.74 Å². The summed E-state index contributed by atoms with van der Waals surface area (Å²) in [5.41, 5.74) is 11.4. The number of aromatic nitrogens is 2. The summed E-state index contributed by atoms with van der Waals surface area (Å²) in [4.78, 5) is 11.4. The summed E-state index contributed by atoms with van der Waals surface area (Å²) in [6.45, 7) is 3.50. The molecular formula is C25H29N5O. The van der Waals surface area contributed by atoms with E-state index in [0.717, 1.165) is 56.3 Å². The number of benzene rings is 2. The van der Waals surface area contributed by atoms with Crippen LogP contribution in [0.15, 0.2) is 54.9 Å². The van der Waals surface area contributed by atoms with Crippen LogP contribution in [0.4, 0.5) is 11.6 Å². The van der Waals surface area contributed by atoms with Gasteiger partial charge in [0.1, 0.15) is 23.7 Å². The summed E-state index contributed by atoms with van der Waals surface area (Å²) in [7, 11) is 1.69. The molecule has 2 aromatic carbocycles. The van der Waals surface area contributed by atoms with Crippen molar-refractivity contribution in [3.05, 3.63) is 66.0 Å². The van der Waals surface area contributed by atoms with Gasteiger partial charge in [0.25, 0.3) is 0 Å². The fourth-order valence-electron chi connectivity index (χ4n) is 4.93. The molecule has 1 aromatic heterocycles. The molecule has 31 heavy (non-hydrogen) atoms. The number of fused-ring (bicyclic) bond motifs is 1. The van der Waals surface area contributed by atoms with E-state index in [-0.39, 0.29) is 5.41 Å². The van der Waals surface area contributed by atoms with Crippen molar-refractivity contribution in [2.24, 2.45) is 5.73 Å². The van der Waals surface area contributed by atoms with Gasteiger partial charge in [0, 0.05) is 37.2 Å². The largest absolute Gasteiger partial charge is 0.497 e. The van der Waals surface area contributed by atoms with Crippen LogP contribution in [-0.4, -0.2) is 43.3 Å². The molecule has 2 aliphatic heterocycles. The number of nitrogens with one attached hydrogen (secondary N) is 1. The molecule has 0 aliphatic carbocycles. The predicted molar refractivity (Wildman–Crippen MR) is 125 cm³/mol. The highest BCUT2D eigenvalue weighted by molar-refractivity contribution is 5.66. The number of piperidine rings is 1. The molecule has 0 atom stereocenters. The van der Waals surface area contributed by atoms with Crippen LogP contribution < -0.4 is 20.7 Å². The van der Waals surface area contributed by atoms with E-state index in [4.69, 9.17) is 10.5 Å². The second kappa shape index (κ2) is 8.19. The lowest BCUT2D eigenvalue weighted by molar-refractivity contribution is 0.339. The van der Waals surface area contributed by atoms with Crippen LogP contribution in [0.1, 0.15) is 24.0 Å². The average Bonchev–Trinajstić information content (AvgIpc) is 3.33. The molecule has 3 N–H and O–H groups in total. The zero-order valence-corrected chi connectivity index (χ0v) is 18.0. The van der Waals surface area contributed by atoms with E-state index < -0.39 is 0 Å². The molecule has 5 rings (SSSR count). The Kier molecular flexibility index (Phi) is 5.24. The normalized spacial score (nSPS) is 17.2. The van der Waals surface area contributed by atoms with Crippen LogP contribution in [0.2, 0.25) is 0 Å². The molecule has 0 amide bonds. The van der Waals surface area contributed by atoms with Crippen molar-refractivity contribution in [1.29, 1.82) is 0 Å². The number of ether oxygens (including phenoxy) is 1. The Morgan fingerprint density at radius 3 is 2.61 bits per heavy atom. The standard InChI is InChI=1S/C25H29N5O/c1-31-21-7-5-18(6-8-21)19-3-2-4-20(15-19)25(16-26)10-13-30(14-11-25)24-22-9-12-27-23(22)28-17-29-24/h2-8,15,17H,9-14,16,26H2,1H3,(H,27,28,29). The van der Waals surface area contributed by atoms with Crippen LogP contribution in [0.25, 0.3) is 11.1 Å². The smallest absolute Gasteiger partial charge is 0.137 e. The van der Waals surface area contributed by atoms with Gasteiger partial charge in [-0.05, 0) is 48.1 Å². The molecule has 3 aromatic rings. The lowest BCUT2D eigenvalue weighted by atomic mass is 9.72. The lowest BCUT2D eigenvalue weighted by Gasteiger charge is -2.42. The van der Waals surface area contributed by atoms with E-state index >= 15 is 0 Å². The number of rotatable bonds is 5. The maximum atomic E-state index is 6.40. The second-order valence-electron chi connectivity index (χ2n) is 8.48. The van der Waals surface area contributed by atoms with Gasteiger partial charge in [0.05, 0.1) is 7.11 Å². The molecular weight excluding hydrogens is 386 g/mol. The van der Waals surface area contributed by atoms with Crippen molar-refractivity contribution in [3.63, 3.8) is 0 Å². The number of hydrogen-bond acceptors (Lipinski definition) is 6. The zero-order chi connectivity index (χ0) is 21.3. The first-order valence-corrected chi connectivity index (χ1v) is 11.0. The monoisotopic (exact) mass is 415 g/mol. The van der Waals surface area contributed by atoms with Gasteiger partial charge < -0.3 is 20.7 Å². The van der Waals surface area contributed by atoms with E-state index in [1.54, 1.807) is 13.4 Å². The van der Waals surface area contributed by atoms with E-state index in [1.807, 2.05) is 12.1 Å². The minimum absolute atomic E-state index is 0.00651. The quantitative estimate of drug-likeness (QED) is 0.663. The van der Waals surface area contributed by atoms with Gasteiger partial charge in [-0.3, -0.25) is 0 Å². The Balaban J connectivity index is 1.38. The Morgan fingerprint density at radius 2 is 1.87 bits per heavy atom. The van der Waals surface area contributed by atoms with Crippen LogP contribution in [0, 0.1) is 0 Å². The summed E-state index contributed by atoms with van der Waals surface area (Å²) in [6.07, 6.45) is 4.70. The molecule has 6 nitrogen and oxygen atoms in total. The first-order chi connectivity index (χ1) is 15.2. The van der Waals surface area contributed by atoms with Gasteiger partial charge in [-0.1, -0.05) is 36.4 Å². The fraction of sp³-hybridized carbons (Fsp3) is 0.360. The molecule has 0 unspecified atom stereocenters. The van der Waals surface area contributed by atoms with E-state index in [2.05, 4.69) is 56.6 Å². The molecule has 6 heteroatoms. The summed E-state index contributed by atoms with van der Waals surface area (Å²) in [5, 5.41) is 3.36. The maximum Gasteiger partial charge on any atom is 0.137 e. The van der Waals surface area contributed by atoms with Gasteiger partial charge >= 0.3 is 0 Å². The number of anilines is 2. The molecule has 160 valence electrons. The van der Waals surface area contributed by atoms with Gasteiger partial charge in [-0.25, -0.2) is 9.97 Å². The maximum absolute atomic E-state index is 6.40. The third-order valence-corrected chi connectivity index (χ3v) is 6.90. The van der Waals surface area contributed by atoms with Crippen LogP contribution in [0.5, 0.6) is 5.75 Å². The predicted octanol–water partition coefficient (Wildman–Crippen LogP) is 3.62. The minimum atomic E-state index is -0.00651. The molecule has 1 fully saturated rings. The van der Waals surface area contributed by atoms with Crippen molar-refractivity contribution in [3.8, 4) is 16.9 Å². The zero-order valence-electron chi connectivity index (χ0n) is 18.0. The van der Waals surface area contributed by atoms with Gasteiger partial charge in [0.15, 0.2) is 0 Å². The third kappa shape index (κ3) is 3.61. The fourth-order valence-corrected chi connectivity index (χ4v) is 4.93. The average molecular weight is 416 g/mol. The van der Waals surface area contributed by atoms with Gasteiger partial charge in [-0.15, -0.1) is 0 Å². The number of hydrogen-bond donors (Lipinski definition) is 2. The summed E-state index contributed by atoms with van der Waals surface area (Å²) in [6, 6.07) is 17.1. The van der Waals surface area contributed by atoms with Crippen LogP contribution in [0.3, 0.4) is 0 Å².